The van der Waals surface area contributed by atoms with Gasteiger partial charge in [-0.3, -0.25) is 4.79 Å². The van der Waals surface area contributed by atoms with Crippen LogP contribution in [0, 0.1) is 20.8 Å². The van der Waals surface area contributed by atoms with Crippen molar-refractivity contribution in [2.45, 2.75) is 65.6 Å². The first-order valence-electron chi connectivity index (χ1n) is 15.5. The molecule has 0 radical (unpaired) electrons. The van der Waals surface area contributed by atoms with Gasteiger partial charge in [-0.05, 0) is 86.9 Å². The van der Waals surface area contributed by atoms with Crippen LogP contribution < -0.4 is 9.46 Å². The number of hydrogen-bond acceptors (Lipinski definition) is 6. The highest BCUT2D eigenvalue weighted by molar-refractivity contribution is 7.90. The number of carbonyl (C=O) groups excluding carboxylic acids is 2. The second-order valence-electron chi connectivity index (χ2n) is 11.8. The SMILES string of the molecule is Cc1cccc(C)c1OCCn1c(C(=O)NS(=O)(=O)CC[C@@H]2CCCCN2C(=O)OCc2ccccc2)c(C)c2cc(Cl)ccc21. The fourth-order valence-corrected chi connectivity index (χ4v) is 7.40. The fourth-order valence-electron chi connectivity index (χ4n) is 6.16. The van der Waals surface area contributed by atoms with Gasteiger partial charge in [0.05, 0.1) is 12.3 Å². The number of benzene rings is 3. The molecule has 244 valence electrons. The Morgan fingerprint density at radius 2 is 1.72 bits per heavy atom. The van der Waals surface area contributed by atoms with E-state index < -0.39 is 22.0 Å². The quantitative estimate of drug-likeness (QED) is 0.186. The number of ether oxygens (including phenoxy) is 2. The molecule has 0 spiro atoms. The summed E-state index contributed by atoms with van der Waals surface area (Å²) < 4.78 is 42.3. The van der Waals surface area contributed by atoms with Crippen LogP contribution in [0.25, 0.3) is 10.9 Å². The molecular weight excluding hydrogens is 626 g/mol. The molecular formula is C35H40ClN3O6S. The molecule has 1 fully saturated rings. The Labute approximate surface area is 275 Å². The van der Waals surface area contributed by atoms with Crippen LogP contribution in [0.3, 0.4) is 0 Å². The highest BCUT2D eigenvalue weighted by atomic mass is 35.5. The second kappa shape index (κ2) is 14.6. The normalized spacial score (nSPS) is 15.1. The number of nitrogens with zero attached hydrogens (tertiary/aromatic N) is 2. The van der Waals surface area contributed by atoms with Gasteiger partial charge in [-0.1, -0.05) is 60.1 Å². The number of rotatable bonds is 11. The molecule has 1 aliphatic heterocycles. The Balaban J connectivity index is 1.28. The number of fused-ring (bicyclic) bond motifs is 1. The number of sulfonamides is 1. The van der Waals surface area contributed by atoms with Gasteiger partial charge in [-0.2, -0.15) is 0 Å². The number of para-hydroxylation sites is 1. The molecule has 1 atom stereocenters. The zero-order chi connectivity index (χ0) is 32.8. The van der Waals surface area contributed by atoms with E-state index in [9.17, 15) is 18.0 Å². The molecule has 1 aromatic heterocycles. The summed E-state index contributed by atoms with van der Waals surface area (Å²) in [4.78, 5) is 28.2. The minimum absolute atomic E-state index is 0.144. The molecule has 0 saturated carbocycles. The number of hydrogen-bond donors (Lipinski definition) is 1. The Hall–Kier alpha value is -4.02. The number of amides is 2. The van der Waals surface area contributed by atoms with E-state index >= 15 is 0 Å². The summed E-state index contributed by atoms with van der Waals surface area (Å²) >= 11 is 6.29. The fraction of sp³-hybridized carbons (Fsp3) is 0.371. The predicted molar refractivity (Wildman–Crippen MR) is 180 cm³/mol. The lowest BCUT2D eigenvalue weighted by atomic mass is 10.0. The molecule has 1 aliphatic rings. The highest BCUT2D eigenvalue weighted by Crippen LogP contribution is 2.29. The van der Waals surface area contributed by atoms with Gasteiger partial charge in [0, 0.05) is 28.5 Å². The van der Waals surface area contributed by atoms with Gasteiger partial charge < -0.3 is 18.9 Å². The maximum atomic E-state index is 13.7. The monoisotopic (exact) mass is 665 g/mol. The Bertz CT molecular complexity index is 1800. The first-order valence-corrected chi connectivity index (χ1v) is 17.6. The van der Waals surface area contributed by atoms with E-state index in [1.165, 1.54) is 0 Å². The van der Waals surface area contributed by atoms with Gasteiger partial charge in [0.15, 0.2) is 0 Å². The number of piperidine rings is 1. The number of aromatic nitrogens is 1. The number of likely N-dealkylation sites (tertiary alicyclic amines) is 1. The zero-order valence-corrected chi connectivity index (χ0v) is 28.0. The molecule has 4 aromatic rings. The second-order valence-corrected chi connectivity index (χ2v) is 14.1. The summed E-state index contributed by atoms with van der Waals surface area (Å²) in [5.74, 6) is -0.250. The molecule has 2 heterocycles. The van der Waals surface area contributed by atoms with Crippen LogP contribution in [0.2, 0.25) is 5.02 Å². The molecule has 1 saturated heterocycles. The summed E-state index contributed by atoms with van der Waals surface area (Å²) in [7, 11) is -4.04. The van der Waals surface area contributed by atoms with Crippen LogP contribution in [0.4, 0.5) is 4.79 Å². The van der Waals surface area contributed by atoms with Gasteiger partial charge in [0.25, 0.3) is 5.91 Å². The minimum atomic E-state index is -4.04. The van der Waals surface area contributed by atoms with Crippen molar-refractivity contribution >= 4 is 44.5 Å². The number of halogens is 1. The number of aryl methyl sites for hydroxylation is 3. The lowest BCUT2D eigenvalue weighted by Gasteiger charge is -2.34. The maximum Gasteiger partial charge on any atom is 0.410 e. The topological polar surface area (TPSA) is 107 Å². The Morgan fingerprint density at radius 3 is 2.46 bits per heavy atom. The molecule has 0 unspecified atom stereocenters. The van der Waals surface area contributed by atoms with Crippen molar-refractivity contribution in [3.05, 3.63) is 99.7 Å². The van der Waals surface area contributed by atoms with Crippen molar-refractivity contribution < 1.29 is 27.5 Å². The van der Waals surface area contributed by atoms with E-state index in [-0.39, 0.29) is 37.1 Å². The van der Waals surface area contributed by atoms with E-state index in [0.717, 1.165) is 46.2 Å². The van der Waals surface area contributed by atoms with Crippen LogP contribution in [0.15, 0.2) is 66.7 Å². The van der Waals surface area contributed by atoms with Crippen molar-refractivity contribution in [2.75, 3.05) is 18.9 Å². The summed E-state index contributed by atoms with van der Waals surface area (Å²) in [6.45, 7) is 6.95. The number of nitrogens with one attached hydrogen (secondary N) is 1. The van der Waals surface area contributed by atoms with E-state index in [2.05, 4.69) is 4.72 Å². The van der Waals surface area contributed by atoms with E-state index in [0.29, 0.717) is 30.1 Å². The average Bonchev–Trinajstić information content (AvgIpc) is 3.31. The first kappa shape index (κ1) is 33.3. The third kappa shape index (κ3) is 7.85. The van der Waals surface area contributed by atoms with Crippen molar-refractivity contribution in [2.24, 2.45) is 0 Å². The Morgan fingerprint density at radius 1 is 0.978 bits per heavy atom. The third-order valence-electron chi connectivity index (χ3n) is 8.50. The predicted octanol–water partition coefficient (Wildman–Crippen LogP) is 6.94. The zero-order valence-electron chi connectivity index (χ0n) is 26.4. The molecule has 9 nitrogen and oxygen atoms in total. The third-order valence-corrected chi connectivity index (χ3v) is 10.0. The highest BCUT2D eigenvalue weighted by Gasteiger charge is 2.30. The lowest BCUT2D eigenvalue weighted by molar-refractivity contribution is 0.0672. The van der Waals surface area contributed by atoms with Gasteiger partial charge in [-0.25, -0.2) is 17.9 Å². The average molecular weight is 666 g/mol. The molecule has 5 rings (SSSR count). The minimum Gasteiger partial charge on any atom is -0.491 e. The van der Waals surface area contributed by atoms with Gasteiger partial charge >= 0.3 is 6.09 Å². The molecule has 2 amide bonds. The van der Waals surface area contributed by atoms with Gasteiger partial charge in [0.1, 0.15) is 24.7 Å². The smallest absolute Gasteiger partial charge is 0.410 e. The maximum absolute atomic E-state index is 13.7. The van der Waals surface area contributed by atoms with Gasteiger partial charge in [-0.15, -0.1) is 0 Å². The molecule has 11 heteroatoms. The van der Waals surface area contributed by atoms with Crippen LogP contribution in [0.5, 0.6) is 5.75 Å². The summed E-state index contributed by atoms with van der Waals surface area (Å²) in [6.07, 6.45) is 2.09. The molecule has 46 heavy (non-hydrogen) atoms. The van der Waals surface area contributed by atoms with Crippen molar-refractivity contribution in [3.63, 3.8) is 0 Å². The number of carbonyl (C=O) groups is 2. The molecule has 1 N–H and O–H groups in total. The Kier molecular flexibility index (Phi) is 10.6. The van der Waals surface area contributed by atoms with Crippen molar-refractivity contribution in [1.82, 2.24) is 14.2 Å². The first-order chi connectivity index (χ1) is 22.0. The molecule has 3 aromatic carbocycles. The van der Waals surface area contributed by atoms with E-state index in [1.807, 2.05) is 68.4 Å². The van der Waals surface area contributed by atoms with Crippen LogP contribution in [-0.4, -0.2) is 54.8 Å². The lowest BCUT2D eigenvalue weighted by Crippen LogP contribution is -2.45. The van der Waals surface area contributed by atoms with Crippen molar-refractivity contribution in [1.29, 1.82) is 0 Å². The summed E-state index contributed by atoms with van der Waals surface area (Å²) in [5, 5.41) is 1.27. The molecule has 0 aliphatic carbocycles. The van der Waals surface area contributed by atoms with Crippen molar-refractivity contribution in [3.8, 4) is 5.75 Å². The van der Waals surface area contributed by atoms with E-state index in [4.69, 9.17) is 21.1 Å². The van der Waals surface area contributed by atoms with Crippen LogP contribution in [0.1, 0.15) is 58.4 Å². The van der Waals surface area contributed by atoms with E-state index in [1.54, 1.807) is 28.5 Å². The standard InChI is InChI=1S/C35H40ClN3O6S/c1-24-10-9-11-25(2)33(24)44-20-19-39-31-16-15-28(36)22-30(31)26(3)32(39)34(40)37-46(42,43)21-17-29-14-7-8-18-38(29)35(41)45-23-27-12-5-4-6-13-27/h4-6,9-13,15-16,22,29H,7-8,14,17-21,23H2,1-3H3,(H,37,40)/t29-/m0/s1. The summed E-state index contributed by atoms with van der Waals surface area (Å²) in [6, 6.07) is 20.4. The largest absolute Gasteiger partial charge is 0.491 e. The van der Waals surface area contributed by atoms with Gasteiger partial charge in [0.2, 0.25) is 10.0 Å². The molecule has 0 bridgehead atoms. The van der Waals surface area contributed by atoms with Crippen LogP contribution >= 0.6 is 11.6 Å². The van der Waals surface area contributed by atoms with Crippen LogP contribution in [-0.2, 0) is 27.9 Å². The summed E-state index contributed by atoms with van der Waals surface area (Å²) in [5.41, 5.74) is 4.49.